The van der Waals surface area contributed by atoms with Gasteiger partial charge in [-0.1, -0.05) is 13.8 Å². The molecule has 4 saturated carbocycles. The zero-order valence-corrected chi connectivity index (χ0v) is 32.9. The normalized spacial score (nSPS) is 55.5. The average molecular weight is 781 g/mol. The highest BCUT2D eigenvalue weighted by Gasteiger charge is 2.70. The Morgan fingerprint density at radius 1 is 0.691 bits per heavy atom. The van der Waals surface area contributed by atoms with Crippen LogP contribution < -0.4 is 0 Å². The summed E-state index contributed by atoms with van der Waals surface area (Å²) in [4.78, 5) is 12.0. The molecular weight excluding hydrogens is 716 g/mol. The topological polar surface area (TPSA) is 203 Å². The fourth-order valence-corrected chi connectivity index (χ4v) is 12.9. The summed E-state index contributed by atoms with van der Waals surface area (Å²) >= 11 is 0. The minimum atomic E-state index is -1.01. The highest BCUT2D eigenvalue weighted by molar-refractivity contribution is 5.85. The lowest BCUT2D eigenvalue weighted by Gasteiger charge is -2.63. The van der Waals surface area contributed by atoms with Crippen molar-refractivity contribution in [2.75, 3.05) is 6.61 Å². The summed E-state index contributed by atoms with van der Waals surface area (Å²) in [6.45, 7) is 9.98. The van der Waals surface area contributed by atoms with Crippen molar-refractivity contribution in [2.24, 2.45) is 34.5 Å². The van der Waals surface area contributed by atoms with Crippen LogP contribution in [0.5, 0.6) is 0 Å². The van der Waals surface area contributed by atoms with Crippen LogP contribution in [0.1, 0.15) is 105 Å². The number of hydrogen-bond acceptors (Lipinski definition) is 14. The summed E-state index contributed by atoms with van der Waals surface area (Å²) in [5.74, 6) is 0.174. The molecule has 0 bridgehead atoms. The summed E-state index contributed by atoms with van der Waals surface area (Å²) in [5.41, 5.74) is -0.686. The SMILES string of the molecule is C[C@H]1O[C@@H](O[C@H]2[C@@H](O)C[C@H](O[C@H]3[C@@H](O)C[C@H](O[C@H]4CC[C@@]5(C)[C@H](CC[C@@H]6[C@@H]5CC[C@]5(C)[C@@H](C7=CC(=O)OC7)[C@H](O)C[C@]65O)C4)O[C@@H]3C)O[C@@H]2C)C[C@H](O)[C@@H]1O. The van der Waals surface area contributed by atoms with Crippen molar-refractivity contribution in [2.45, 2.75) is 197 Å². The molecule has 8 aliphatic rings. The van der Waals surface area contributed by atoms with Crippen LogP contribution >= 0.6 is 0 Å². The van der Waals surface area contributed by atoms with E-state index in [1.807, 2.05) is 6.92 Å². The Hall–Kier alpha value is -1.27. The number of carbonyl (C=O) groups excluding carboxylic acids is 1. The van der Waals surface area contributed by atoms with Gasteiger partial charge in [-0.3, -0.25) is 0 Å². The second-order valence-corrected chi connectivity index (χ2v) is 18.9. The molecule has 0 amide bonds. The third-order valence-corrected chi connectivity index (χ3v) is 15.8. The molecule has 55 heavy (non-hydrogen) atoms. The van der Waals surface area contributed by atoms with Gasteiger partial charge in [0.2, 0.25) is 0 Å². The van der Waals surface area contributed by atoms with Gasteiger partial charge in [0.1, 0.15) is 24.9 Å². The van der Waals surface area contributed by atoms with Crippen molar-refractivity contribution in [1.29, 1.82) is 0 Å². The summed E-state index contributed by atoms with van der Waals surface area (Å²) in [6.07, 6.45) is -1.26. The van der Waals surface area contributed by atoms with E-state index in [0.717, 1.165) is 50.5 Å². The lowest BCUT2D eigenvalue weighted by molar-refractivity contribution is -0.336. The first-order chi connectivity index (χ1) is 26.0. The van der Waals surface area contributed by atoms with Crippen LogP contribution in [0.3, 0.4) is 0 Å². The van der Waals surface area contributed by atoms with Gasteiger partial charge in [-0.05, 0) is 94.5 Å². The van der Waals surface area contributed by atoms with E-state index >= 15 is 0 Å². The van der Waals surface area contributed by atoms with Crippen molar-refractivity contribution in [3.8, 4) is 0 Å². The van der Waals surface area contributed by atoms with Crippen LogP contribution in [0.4, 0.5) is 0 Å². The van der Waals surface area contributed by atoms with Crippen molar-refractivity contribution in [3.05, 3.63) is 11.6 Å². The van der Waals surface area contributed by atoms with Crippen molar-refractivity contribution < 1.29 is 68.6 Å². The Kier molecular flexibility index (Phi) is 11.1. The first-order valence-electron chi connectivity index (χ1n) is 20.9. The molecule has 0 unspecified atom stereocenters. The predicted octanol–water partition coefficient (Wildman–Crippen LogP) is 2.22. The van der Waals surface area contributed by atoms with Crippen LogP contribution in [-0.4, -0.2) is 135 Å². The number of rotatable bonds is 7. The van der Waals surface area contributed by atoms with Crippen LogP contribution in [0.2, 0.25) is 0 Å². The number of aliphatic hydroxyl groups excluding tert-OH is 5. The Morgan fingerprint density at radius 3 is 1.87 bits per heavy atom. The third-order valence-electron chi connectivity index (χ3n) is 15.8. The number of cyclic esters (lactones) is 1. The van der Waals surface area contributed by atoms with E-state index in [0.29, 0.717) is 18.3 Å². The molecule has 0 spiro atoms. The Bertz CT molecular complexity index is 1410. The van der Waals surface area contributed by atoms with E-state index < -0.39 is 90.9 Å². The summed E-state index contributed by atoms with van der Waals surface area (Å²) in [6, 6.07) is 0. The van der Waals surface area contributed by atoms with Crippen molar-refractivity contribution in [3.63, 3.8) is 0 Å². The van der Waals surface area contributed by atoms with Gasteiger partial charge in [-0.15, -0.1) is 0 Å². The van der Waals surface area contributed by atoms with Gasteiger partial charge in [0.25, 0.3) is 0 Å². The van der Waals surface area contributed by atoms with Gasteiger partial charge in [-0.2, -0.15) is 0 Å². The molecule has 6 N–H and O–H groups in total. The molecule has 0 aromatic rings. The molecule has 4 heterocycles. The Morgan fingerprint density at radius 2 is 1.29 bits per heavy atom. The van der Waals surface area contributed by atoms with Gasteiger partial charge in [0, 0.05) is 43.1 Å². The van der Waals surface area contributed by atoms with E-state index in [1.165, 1.54) is 6.08 Å². The molecular formula is C41H64O14. The van der Waals surface area contributed by atoms with Crippen LogP contribution in [-0.2, 0) is 38.0 Å². The zero-order valence-electron chi connectivity index (χ0n) is 32.9. The lowest BCUT2D eigenvalue weighted by Crippen LogP contribution is -2.62. The highest BCUT2D eigenvalue weighted by Crippen LogP contribution is 2.70. The van der Waals surface area contributed by atoms with Crippen molar-refractivity contribution in [1.82, 2.24) is 0 Å². The first-order valence-corrected chi connectivity index (χ1v) is 20.9. The smallest absolute Gasteiger partial charge is 0.331 e. The van der Waals surface area contributed by atoms with Crippen molar-refractivity contribution >= 4 is 5.97 Å². The molecule has 4 aliphatic carbocycles. The maximum Gasteiger partial charge on any atom is 0.331 e. The fourth-order valence-electron chi connectivity index (χ4n) is 12.9. The van der Waals surface area contributed by atoms with E-state index in [9.17, 15) is 35.4 Å². The summed E-state index contributed by atoms with van der Waals surface area (Å²) < 4.78 is 42.1. The Labute approximate surface area is 323 Å². The average Bonchev–Trinajstić information content (AvgIpc) is 3.62. The van der Waals surface area contributed by atoms with Crippen LogP contribution in [0.15, 0.2) is 11.6 Å². The molecule has 14 heteroatoms. The zero-order chi connectivity index (χ0) is 39.2. The van der Waals surface area contributed by atoms with Gasteiger partial charge in [-0.25, -0.2) is 4.79 Å². The molecule has 14 nitrogen and oxygen atoms in total. The van der Waals surface area contributed by atoms with E-state index in [-0.39, 0.29) is 55.2 Å². The highest BCUT2D eigenvalue weighted by atomic mass is 16.7. The van der Waals surface area contributed by atoms with E-state index in [1.54, 1.807) is 13.8 Å². The second-order valence-electron chi connectivity index (χ2n) is 18.9. The number of hydrogen-bond donors (Lipinski definition) is 6. The first kappa shape index (κ1) is 40.5. The van der Waals surface area contributed by atoms with E-state index in [4.69, 9.17) is 33.2 Å². The molecule has 7 fully saturated rings. The number of esters is 1. The van der Waals surface area contributed by atoms with Crippen LogP contribution in [0, 0.1) is 34.5 Å². The molecule has 312 valence electrons. The molecule has 4 aliphatic heterocycles. The predicted molar refractivity (Wildman–Crippen MR) is 193 cm³/mol. The van der Waals surface area contributed by atoms with E-state index in [2.05, 4.69) is 13.8 Å². The maximum atomic E-state index is 12.6. The molecule has 8 rings (SSSR count). The molecule has 0 radical (unpaired) electrons. The monoisotopic (exact) mass is 780 g/mol. The summed E-state index contributed by atoms with van der Waals surface area (Å²) in [7, 11) is 0. The maximum absolute atomic E-state index is 12.6. The summed E-state index contributed by atoms with van der Waals surface area (Å²) in [5, 5.41) is 66.3. The number of aliphatic hydroxyl groups is 6. The van der Waals surface area contributed by atoms with Gasteiger partial charge in [0.15, 0.2) is 18.9 Å². The number of carbonyl (C=O) groups is 1. The van der Waals surface area contributed by atoms with Gasteiger partial charge < -0.3 is 63.8 Å². The quantitative estimate of drug-likeness (QED) is 0.162. The minimum absolute atomic E-state index is 0.0203. The molecule has 0 aromatic heterocycles. The fraction of sp³-hybridized carbons (Fsp3) is 0.927. The molecule has 3 saturated heterocycles. The number of ether oxygens (including phenoxy) is 7. The van der Waals surface area contributed by atoms with Gasteiger partial charge >= 0.3 is 5.97 Å². The van der Waals surface area contributed by atoms with Crippen LogP contribution in [0.25, 0.3) is 0 Å². The standard InChI is InChI=1S/C41H64O14/c1-19-36(47)27(42)14-33(50-19)54-38-21(3)52-34(16-29(38)44)55-37-20(2)51-32(15-28(37)43)53-24-8-10-39(4)23(13-24)6-7-26-25(39)9-11-40(5)35(22-12-31(46)49-18-22)30(45)17-41(26,40)48/h12,19-21,23-30,32-38,42-45,47-48H,6-11,13-18H2,1-5H3/t19-,20-,21-,23-,24+,25+,26-,27+,28+,29+,30-,32+,33+,34+,35+,36-,37-,38-,39+,40-,41+/m1/s1. The molecule has 21 atom stereocenters. The second kappa shape index (κ2) is 15.1. The molecule has 0 aromatic carbocycles. The minimum Gasteiger partial charge on any atom is -0.458 e. The number of fused-ring (bicyclic) bond motifs is 5. The third kappa shape index (κ3) is 7.05. The largest absolute Gasteiger partial charge is 0.458 e. The Balaban J connectivity index is 0.834. The van der Waals surface area contributed by atoms with Gasteiger partial charge in [0.05, 0.1) is 54.4 Å². The lowest BCUT2D eigenvalue weighted by atomic mass is 9.43.